The lowest BCUT2D eigenvalue weighted by Gasteiger charge is -2.36. The molecule has 2 amide bonds. The van der Waals surface area contributed by atoms with Gasteiger partial charge in [0.25, 0.3) is 0 Å². The van der Waals surface area contributed by atoms with E-state index >= 15 is 0 Å². The molecule has 0 aliphatic carbocycles. The van der Waals surface area contributed by atoms with Gasteiger partial charge in [-0.1, -0.05) is 60.7 Å². The molecule has 2 aliphatic rings. The monoisotopic (exact) mass is 602 g/mol. The van der Waals surface area contributed by atoms with Crippen LogP contribution in [0, 0.1) is 0 Å². The molecule has 1 N–H and O–H groups in total. The summed E-state index contributed by atoms with van der Waals surface area (Å²) in [5.74, 6) is 1.62. The summed E-state index contributed by atoms with van der Waals surface area (Å²) in [4.78, 5) is 47.2. The van der Waals surface area contributed by atoms with Gasteiger partial charge in [-0.05, 0) is 38.3 Å². The molecule has 2 aliphatic heterocycles. The second kappa shape index (κ2) is 14.2. The zero-order valence-corrected chi connectivity index (χ0v) is 25.8. The van der Waals surface area contributed by atoms with Gasteiger partial charge in [-0.3, -0.25) is 0 Å². The van der Waals surface area contributed by atoms with Gasteiger partial charge in [0.05, 0.1) is 0 Å². The van der Waals surface area contributed by atoms with Gasteiger partial charge in [0, 0.05) is 58.9 Å². The molecule has 2 fully saturated rings. The largest absolute Gasteiger partial charge is 0.445 e. The smallest absolute Gasteiger partial charge is 0.410 e. The van der Waals surface area contributed by atoms with Gasteiger partial charge in [0.1, 0.15) is 12.2 Å². The van der Waals surface area contributed by atoms with Crippen molar-refractivity contribution < 1.29 is 19.1 Å². The summed E-state index contributed by atoms with van der Waals surface area (Å²) in [7, 11) is 0. The number of nitrogens with zero attached hydrogens (tertiary/aromatic N) is 7. The van der Waals surface area contributed by atoms with Crippen molar-refractivity contribution in [2.24, 2.45) is 0 Å². The van der Waals surface area contributed by atoms with Crippen molar-refractivity contribution in [2.75, 3.05) is 74.0 Å². The second-order valence-corrected chi connectivity index (χ2v) is 11.9. The molecule has 234 valence electrons. The normalized spacial score (nSPS) is 15.6. The predicted octanol–water partition coefficient (Wildman–Crippen LogP) is 4.04. The van der Waals surface area contributed by atoms with Crippen LogP contribution < -0.4 is 15.1 Å². The highest BCUT2D eigenvalue weighted by atomic mass is 16.6. The van der Waals surface area contributed by atoms with E-state index in [4.69, 9.17) is 24.4 Å². The minimum absolute atomic E-state index is 0.246. The van der Waals surface area contributed by atoms with Crippen LogP contribution in [0.4, 0.5) is 27.4 Å². The number of piperazine rings is 2. The molecule has 12 heteroatoms. The van der Waals surface area contributed by atoms with E-state index in [0.717, 1.165) is 12.0 Å². The molecule has 0 atom stereocenters. The fourth-order valence-corrected chi connectivity index (χ4v) is 4.99. The number of carbonyl (C=O) groups is 2. The number of anilines is 3. The number of amides is 2. The van der Waals surface area contributed by atoms with E-state index in [2.05, 4.69) is 27.2 Å². The van der Waals surface area contributed by atoms with Crippen molar-refractivity contribution in [2.45, 2.75) is 39.4 Å². The van der Waals surface area contributed by atoms with Gasteiger partial charge in [0.15, 0.2) is 0 Å². The number of benzene rings is 2. The first-order chi connectivity index (χ1) is 21.2. The maximum Gasteiger partial charge on any atom is 0.410 e. The maximum atomic E-state index is 12.7. The Kier molecular flexibility index (Phi) is 9.98. The van der Waals surface area contributed by atoms with Crippen LogP contribution in [0.15, 0.2) is 60.7 Å². The summed E-state index contributed by atoms with van der Waals surface area (Å²) in [6.45, 7) is 10.8. The number of nitrogens with one attached hydrogen (secondary N) is 1. The van der Waals surface area contributed by atoms with Crippen LogP contribution in [0.1, 0.15) is 31.9 Å². The lowest BCUT2D eigenvalue weighted by Crippen LogP contribution is -2.51. The Labute approximate surface area is 259 Å². The summed E-state index contributed by atoms with van der Waals surface area (Å²) in [6.07, 6.45) is 0.197. The van der Waals surface area contributed by atoms with Crippen molar-refractivity contribution in [3.05, 3.63) is 71.8 Å². The summed E-state index contributed by atoms with van der Waals surface area (Å²) >= 11 is 0. The number of ether oxygens (including phenoxy) is 2. The Morgan fingerprint density at radius 1 is 0.705 bits per heavy atom. The molecule has 3 heterocycles. The quantitative estimate of drug-likeness (QED) is 0.405. The van der Waals surface area contributed by atoms with E-state index in [1.54, 1.807) is 9.80 Å². The van der Waals surface area contributed by atoms with Crippen molar-refractivity contribution in [3.63, 3.8) is 0 Å². The maximum absolute atomic E-state index is 12.7. The van der Waals surface area contributed by atoms with E-state index in [1.807, 2.05) is 69.3 Å². The summed E-state index contributed by atoms with van der Waals surface area (Å²) < 4.78 is 11.1. The molecule has 44 heavy (non-hydrogen) atoms. The standard InChI is InChI=1S/C32H42N8O4/c1-32(2,3)44-31(42)40-22-18-38(19-23-40)29-35-27(33-15-14-25-10-6-4-7-11-25)34-28(36-29)37-16-20-39(21-17-37)30(41)43-24-26-12-8-5-9-13-26/h4-13H,14-24H2,1-3H3,(H,33,34,35,36). The molecule has 2 aromatic carbocycles. The molecule has 12 nitrogen and oxygen atoms in total. The van der Waals surface area contributed by atoms with Crippen LogP contribution in [0.5, 0.6) is 0 Å². The average molecular weight is 603 g/mol. The topological polar surface area (TPSA) is 116 Å². The molecule has 0 spiro atoms. The zero-order chi connectivity index (χ0) is 30.9. The number of rotatable bonds is 8. The highest BCUT2D eigenvalue weighted by molar-refractivity contribution is 5.69. The Morgan fingerprint density at radius 2 is 1.20 bits per heavy atom. The third-order valence-corrected chi connectivity index (χ3v) is 7.39. The van der Waals surface area contributed by atoms with Crippen molar-refractivity contribution in [3.8, 4) is 0 Å². The number of carbonyl (C=O) groups excluding carboxylic acids is 2. The van der Waals surface area contributed by atoms with Gasteiger partial charge in [0.2, 0.25) is 17.8 Å². The summed E-state index contributed by atoms with van der Waals surface area (Å²) in [5.41, 5.74) is 1.64. The van der Waals surface area contributed by atoms with Crippen LogP contribution in [0.3, 0.4) is 0 Å². The first-order valence-electron chi connectivity index (χ1n) is 15.2. The third-order valence-electron chi connectivity index (χ3n) is 7.39. The van der Waals surface area contributed by atoms with Crippen molar-refractivity contribution >= 4 is 30.0 Å². The Hall–Kier alpha value is -4.61. The Bertz CT molecular complexity index is 1370. The minimum Gasteiger partial charge on any atom is -0.445 e. The van der Waals surface area contributed by atoms with Gasteiger partial charge in [-0.2, -0.15) is 15.0 Å². The summed E-state index contributed by atoms with van der Waals surface area (Å²) in [5, 5.41) is 3.38. The van der Waals surface area contributed by atoms with E-state index < -0.39 is 5.60 Å². The molecule has 2 saturated heterocycles. The molecular weight excluding hydrogens is 560 g/mol. The lowest BCUT2D eigenvalue weighted by molar-refractivity contribution is 0.0240. The van der Waals surface area contributed by atoms with Crippen LogP contribution in [0.25, 0.3) is 0 Å². The van der Waals surface area contributed by atoms with Crippen LogP contribution in [0.2, 0.25) is 0 Å². The fourth-order valence-electron chi connectivity index (χ4n) is 4.99. The van der Waals surface area contributed by atoms with E-state index in [1.165, 1.54) is 5.56 Å². The third kappa shape index (κ3) is 8.71. The predicted molar refractivity (Wildman–Crippen MR) is 169 cm³/mol. The van der Waals surface area contributed by atoms with Crippen LogP contribution in [-0.2, 0) is 22.5 Å². The summed E-state index contributed by atoms with van der Waals surface area (Å²) in [6, 6.07) is 19.9. The first kappa shape index (κ1) is 30.8. The van der Waals surface area contributed by atoms with E-state index in [-0.39, 0.29) is 18.8 Å². The van der Waals surface area contributed by atoms with Gasteiger partial charge < -0.3 is 34.4 Å². The Morgan fingerprint density at radius 3 is 1.73 bits per heavy atom. The molecule has 3 aromatic rings. The van der Waals surface area contributed by atoms with Gasteiger partial charge >= 0.3 is 12.2 Å². The zero-order valence-electron chi connectivity index (χ0n) is 25.8. The number of hydrogen-bond acceptors (Lipinski definition) is 10. The minimum atomic E-state index is -0.541. The molecule has 5 rings (SSSR count). The molecule has 0 saturated carbocycles. The van der Waals surface area contributed by atoms with Gasteiger partial charge in [-0.15, -0.1) is 0 Å². The van der Waals surface area contributed by atoms with Crippen molar-refractivity contribution in [1.29, 1.82) is 0 Å². The molecule has 0 bridgehead atoms. The van der Waals surface area contributed by atoms with Crippen molar-refractivity contribution in [1.82, 2.24) is 24.8 Å². The Balaban J connectivity index is 1.23. The number of aromatic nitrogens is 3. The van der Waals surface area contributed by atoms with Gasteiger partial charge in [-0.25, -0.2) is 9.59 Å². The van der Waals surface area contributed by atoms with E-state index in [9.17, 15) is 9.59 Å². The molecular formula is C32H42N8O4. The average Bonchev–Trinajstić information content (AvgIpc) is 3.04. The number of hydrogen-bond donors (Lipinski definition) is 1. The lowest BCUT2D eigenvalue weighted by atomic mass is 10.1. The second-order valence-electron chi connectivity index (χ2n) is 11.9. The first-order valence-corrected chi connectivity index (χ1v) is 15.2. The van der Waals surface area contributed by atoms with E-state index in [0.29, 0.717) is 76.7 Å². The molecule has 1 aromatic heterocycles. The SMILES string of the molecule is CC(C)(C)OC(=O)N1CCN(c2nc(NCCc3ccccc3)nc(N3CCN(C(=O)OCc4ccccc4)CC3)n2)CC1. The highest BCUT2D eigenvalue weighted by Crippen LogP contribution is 2.21. The van der Waals surface area contributed by atoms with Crippen LogP contribution in [-0.4, -0.2) is 101 Å². The van der Waals surface area contributed by atoms with Crippen LogP contribution >= 0.6 is 0 Å². The molecule has 0 unspecified atom stereocenters. The molecule has 0 radical (unpaired) electrons. The fraction of sp³-hybridized carbons (Fsp3) is 0.469. The highest BCUT2D eigenvalue weighted by Gasteiger charge is 2.29.